The van der Waals surface area contributed by atoms with Crippen molar-refractivity contribution in [2.45, 2.75) is 65.2 Å². The summed E-state index contributed by atoms with van der Waals surface area (Å²) in [7, 11) is 0. The van der Waals surface area contributed by atoms with Gasteiger partial charge in [0.25, 0.3) is 0 Å². The number of H-pyrrole nitrogens is 1. The van der Waals surface area contributed by atoms with Crippen molar-refractivity contribution in [1.82, 2.24) is 4.98 Å². The van der Waals surface area contributed by atoms with Crippen molar-refractivity contribution in [3.05, 3.63) is 47.7 Å². The fourth-order valence-corrected chi connectivity index (χ4v) is 2.92. The van der Waals surface area contributed by atoms with Gasteiger partial charge in [-0.1, -0.05) is 68.9 Å². The van der Waals surface area contributed by atoms with Gasteiger partial charge in [0.1, 0.15) is 0 Å². The summed E-state index contributed by atoms with van der Waals surface area (Å²) in [6.07, 6.45) is 15.2. The second kappa shape index (κ2) is 8.71. The fourth-order valence-electron chi connectivity index (χ4n) is 2.92. The van der Waals surface area contributed by atoms with E-state index in [2.05, 4.69) is 55.4 Å². The molecule has 0 unspecified atom stereocenters. The van der Waals surface area contributed by atoms with Crippen molar-refractivity contribution < 1.29 is 0 Å². The van der Waals surface area contributed by atoms with Crippen LogP contribution in [-0.2, 0) is 6.42 Å². The van der Waals surface area contributed by atoms with Crippen LogP contribution >= 0.6 is 0 Å². The Morgan fingerprint density at radius 3 is 2.67 bits per heavy atom. The Hall–Kier alpha value is -1.50. The highest BCUT2D eigenvalue weighted by Crippen LogP contribution is 2.20. The van der Waals surface area contributed by atoms with Crippen molar-refractivity contribution in [1.29, 1.82) is 0 Å². The van der Waals surface area contributed by atoms with E-state index in [4.69, 9.17) is 0 Å². The van der Waals surface area contributed by atoms with Crippen molar-refractivity contribution in [2.24, 2.45) is 0 Å². The van der Waals surface area contributed by atoms with Crippen LogP contribution in [-0.4, -0.2) is 4.98 Å². The standard InChI is InChI=1S/C20H29N/c1-3-4-5-6-7-8-9-12-17(2)15-18-16-21-20-14-11-10-13-19(18)20/h10-14,16,21H,3-9,15H2,1-2H3. The second-order valence-electron chi connectivity index (χ2n) is 6.14. The van der Waals surface area contributed by atoms with Crippen LogP contribution in [0.25, 0.3) is 10.9 Å². The maximum absolute atomic E-state index is 3.36. The molecule has 1 nitrogen and oxygen atoms in total. The van der Waals surface area contributed by atoms with E-state index in [-0.39, 0.29) is 0 Å². The zero-order valence-electron chi connectivity index (χ0n) is 13.6. The molecule has 1 heterocycles. The summed E-state index contributed by atoms with van der Waals surface area (Å²) in [6.45, 7) is 4.54. The number of unbranched alkanes of at least 4 members (excludes halogenated alkanes) is 6. The molecule has 0 saturated heterocycles. The van der Waals surface area contributed by atoms with Gasteiger partial charge in [0.05, 0.1) is 0 Å². The number of allylic oxidation sites excluding steroid dienone is 2. The minimum Gasteiger partial charge on any atom is -0.361 e. The van der Waals surface area contributed by atoms with Crippen LogP contribution in [0.1, 0.15) is 64.4 Å². The number of benzene rings is 1. The number of hydrogen-bond acceptors (Lipinski definition) is 0. The number of rotatable bonds is 9. The predicted molar refractivity (Wildman–Crippen MR) is 93.8 cm³/mol. The first-order chi connectivity index (χ1) is 10.3. The molecule has 2 rings (SSSR count). The van der Waals surface area contributed by atoms with Gasteiger partial charge in [-0.15, -0.1) is 0 Å². The topological polar surface area (TPSA) is 15.8 Å². The SMILES string of the molecule is CCCCCCCCC=C(C)Cc1c[nH]c2ccccc12. The maximum atomic E-state index is 3.36. The summed E-state index contributed by atoms with van der Waals surface area (Å²) in [5.41, 5.74) is 4.16. The van der Waals surface area contributed by atoms with E-state index in [9.17, 15) is 0 Å². The number of aromatic amines is 1. The van der Waals surface area contributed by atoms with Crippen molar-refractivity contribution in [3.63, 3.8) is 0 Å². The summed E-state index contributed by atoms with van der Waals surface area (Å²) in [4.78, 5) is 3.36. The highest BCUT2D eigenvalue weighted by molar-refractivity contribution is 5.83. The van der Waals surface area contributed by atoms with Gasteiger partial charge in [-0.25, -0.2) is 0 Å². The molecule has 0 saturated carbocycles. The van der Waals surface area contributed by atoms with Crippen molar-refractivity contribution in [3.8, 4) is 0 Å². The number of para-hydroxylation sites is 1. The van der Waals surface area contributed by atoms with Crippen LogP contribution in [0.2, 0.25) is 0 Å². The van der Waals surface area contributed by atoms with Crippen molar-refractivity contribution >= 4 is 10.9 Å². The van der Waals surface area contributed by atoms with E-state index in [1.165, 1.54) is 67.0 Å². The van der Waals surface area contributed by atoms with Crippen LogP contribution in [0, 0.1) is 0 Å². The van der Waals surface area contributed by atoms with Gasteiger partial charge in [-0.05, 0) is 37.8 Å². The molecule has 0 aliphatic rings. The van der Waals surface area contributed by atoms with Gasteiger partial charge in [-0.3, -0.25) is 0 Å². The lowest BCUT2D eigenvalue weighted by molar-refractivity contribution is 0.610. The van der Waals surface area contributed by atoms with Crippen LogP contribution in [0.15, 0.2) is 42.1 Å². The molecule has 0 aliphatic carbocycles. The Kier molecular flexibility index (Phi) is 6.59. The van der Waals surface area contributed by atoms with E-state index in [1.54, 1.807) is 0 Å². The summed E-state index contributed by atoms with van der Waals surface area (Å²) < 4.78 is 0. The molecule has 0 bridgehead atoms. The first kappa shape index (κ1) is 15.9. The molecule has 21 heavy (non-hydrogen) atoms. The molecule has 1 N–H and O–H groups in total. The summed E-state index contributed by atoms with van der Waals surface area (Å²) in [5, 5.41) is 1.37. The Labute approximate surface area is 129 Å². The predicted octanol–water partition coefficient (Wildman–Crippen LogP) is 6.41. The Bertz CT molecular complexity index is 562. The third kappa shape index (κ3) is 5.08. The molecule has 1 aromatic heterocycles. The van der Waals surface area contributed by atoms with Gasteiger partial charge in [0.15, 0.2) is 0 Å². The van der Waals surface area contributed by atoms with Gasteiger partial charge in [0.2, 0.25) is 0 Å². The van der Waals surface area contributed by atoms with Crippen molar-refractivity contribution in [2.75, 3.05) is 0 Å². The highest BCUT2D eigenvalue weighted by Gasteiger charge is 2.03. The smallest absolute Gasteiger partial charge is 0.0456 e. The summed E-state index contributed by atoms with van der Waals surface area (Å²) in [5.74, 6) is 0. The van der Waals surface area contributed by atoms with E-state index < -0.39 is 0 Å². The average Bonchev–Trinajstić information content (AvgIpc) is 2.90. The number of hydrogen-bond donors (Lipinski definition) is 1. The molecule has 2 aromatic rings. The van der Waals surface area contributed by atoms with E-state index in [0.29, 0.717) is 0 Å². The minimum atomic E-state index is 1.07. The zero-order chi connectivity index (χ0) is 14.9. The molecule has 0 spiro atoms. The van der Waals surface area contributed by atoms with Gasteiger partial charge in [-0.2, -0.15) is 0 Å². The number of aromatic nitrogens is 1. The quantitative estimate of drug-likeness (QED) is 0.404. The Morgan fingerprint density at radius 2 is 1.81 bits per heavy atom. The lowest BCUT2D eigenvalue weighted by Crippen LogP contribution is -1.86. The van der Waals surface area contributed by atoms with Gasteiger partial charge < -0.3 is 4.98 Å². The molecule has 0 atom stereocenters. The third-order valence-electron chi connectivity index (χ3n) is 4.19. The average molecular weight is 283 g/mol. The molecule has 0 aliphatic heterocycles. The molecule has 0 radical (unpaired) electrons. The monoisotopic (exact) mass is 283 g/mol. The second-order valence-corrected chi connectivity index (χ2v) is 6.14. The Balaban J connectivity index is 1.76. The van der Waals surface area contributed by atoms with Crippen LogP contribution in [0.5, 0.6) is 0 Å². The highest BCUT2D eigenvalue weighted by atomic mass is 14.7. The molecular formula is C20H29N. The van der Waals surface area contributed by atoms with E-state index in [0.717, 1.165) is 6.42 Å². The molecule has 1 aromatic carbocycles. The molecule has 0 fully saturated rings. The fraction of sp³-hybridized carbons (Fsp3) is 0.500. The van der Waals surface area contributed by atoms with Crippen LogP contribution in [0.3, 0.4) is 0 Å². The molecule has 114 valence electrons. The Morgan fingerprint density at radius 1 is 1.05 bits per heavy atom. The number of nitrogens with one attached hydrogen (secondary N) is 1. The van der Waals surface area contributed by atoms with E-state index in [1.807, 2.05) is 0 Å². The van der Waals surface area contributed by atoms with Gasteiger partial charge in [0, 0.05) is 17.1 Å². The lowest BCUT2D eigenvalue weighted by atomic mass is 10.0. The van der Waals surface area contributed by atoms with Crippen LogP contribution < -0.4 is 0 Å². The van der Waals surface area contributed by atoms with Crippen LogP contribution in [0.4, 0.5) is 0 Å². The van der Waals surface area contributed by atoms with E-state index >= 15 is 0 Å². The summed E-state index contributed by atoms with van der Waals surface area (Å²) in [6, 6.07) is 8.56. The first-order valence-electron chi connectivity index (χ1n) is 8.52. The number of fused-ring (bicyclic) bond motifs is 1. The maximum Gasteiger partial charge on any atom is 0.0456 e. The lowest BCUT2D eigenvalue weighted by Gasteiger charge is -2.02. The normalized spacial score (nSPS) is 12.2. The first-order valence-corrected chi connectivity index (χ1v) is 8.52. The van der Waals surface area contributed by atoms with Gasteiger partial charge >= 0.3 is 0 Å². The largest absolute Gasteiger partial charge is 0.361 e. The molecular weight excluding hydrogens is 254 g/mol. The molecule has 0 amide bonds. The third-order valence-corrected chi connectivity index (χ3v) is 4.19. The minimum absolute atomic E-state index is 1.07. The summed E-state index contributed by atoms with van der Waals surface area (Å²) >= 11 is 0. The zero-order valence-corrected chi connectivity index (χ0v) is 13.6. The molecule has 1 heteroatoms.